The molecule has 0 unspecified atom stereocenters. The van der Waals surface area contributed by atoms with Gasteiger partial charge in [-0.2, -0.15) is 0 Å². The largest absolute Gasteiger partial charge is 0.474 e. The molecule has 0 aliphatic heterocycles. The quantitative estimate of drug-likeness (QED) is 0.0469. The zero-order valence-electron chi connectivity index (χ0n) is 40.3. The molecule has 0 aromatic rings. The van der Waals surface area contributed by atoms with Gasteiger partial charge in [0.2, 0.25) is 0 Å². The zero-order chi connectivity index (χ0) is 44.6. The van der Waals surface area contributed by atoms with E-state index in [2.05, 4.69) is 37.5 Å². The van der Waals surface area contributed by atoms with E-state index >= 15 is 0 Å². The van der Waals surface area contributed by atoms with Crippen LogP contribution in [0.4, 0.5) is 0 Å². The van der Waals surface area contributed by atoms with Gasteiger partial charge in [-0.05, 0) is 79.8 Å². The molecule has 1 N–H and O–H groups in total. The number of halogens is 1. The lowest BCUT2D eigenvalue weighted by molar-refractivity contribution is 0.107. The van der Waals surface area contributed by atoms with Crippen LogP contribution in [0.3, 0.4) is 0 Å². The van der Waals surface area contributed by atoms with Gasteiger partial charge in [-0.1, -0.05) is 182 Å². The maximum atomic E-state index is 12.9. The van der Waals surface area contributed by atoms with E-state index in [0.717, 1.165) is 77.3 Å². The number of rotatable bonds is 44. The second-order valence-corrected chi connectivity index (χ2v) is 20.9. The molecular weight excluding hydrogens is 806 g/mol. The molecule has 59 heavy (non-hydrogen) atoms. The standard InChI is InChI=1S/C23H50NO4P.C18H38ClO3P.C5H13NO/c1-5-7-9-11-13-15-17-21-26-29(25,28-23-19-20-24(3)4)27-22-18-16-14-12-10-8-6-2;1-3-5-7-9-11-13-15-17-21-23(19,20)22-18-16-14-12-10-8-6-4-2;1-6(2)4-3-5-7/h5-23H2,1-4H3;3-18H2,1-2H3;7H,3-5H2,1-2H3. The molecule has 0 atom stereocenters. The number of hydrogen-bond acceptors (Lipinski definition) is 10. The number of phosphoric acid groups is 1. The third-order valence-corrected chi connectivity index (χ3v) is 12.8. The highest BCUT2D eigenvalue weighted by molar-refractivity contribution is 7.81. The summed E-state index contributed by atoms with van der Waals surface area (Å²) in [6.45, 7) is 9.92. The first kappa shape index (κ1) is 63.7. The topological polar surface area (TPSA) is 107 Å². The van der Waals surface area contributed by atoms with Crippen molar-refractivity contribution in [3.8, 4) is 0 Å². The van der Waals surface area contributed by atoms with Gasteiger partial charge in [-0.25, -0.2) is 9.13 Å². The van der Waals surface area contributed by atoms with Crippen molar-refractivity contribution in [2.24, 2.45) is 0 Å². The van der Waals surface area contributed by atoms with Gasteiger partial charge in [0.25, 0.3) is 0 Å². The fraction of sp³-hybridized carbons (Fsp3) is 1.00. The van der Waals surface area contributed by atoms with Gasteiger partial charge in [0, 0.05) is 17.8 Å². The van der Waals surface area contributed by atoms with Crippen LogP contribution in [0, 0.1) is 0 Å². The van der Waals surface area contributed by atoms with Crippen LogP contribution in [0.25, 0.3) is 0 Å². The molecule has 0 saturated heterocycles. The molecule has 0 rings (SSSR count). The summed E-state index contributed by atoms with van der Waals surface area (Å²) in [4.78, 5) is 4.14. The van der Waals surface area contributed by atoms with Gasteiger partial charge in [-0.15, -0.1) is 0 Å². The van der Waals surface area contributed by atoms with Crippen LogP contribution >= 0.6 is 26.0 Å². The van der Waals surface area contributed by atoms with E-state index < -0.39 is 14.8 Å². The molecule has 0 aromatic heterocycles. The number of aliphatic hydroxyl groups excluding tert-OH is 1. The third kappa shape index (κ3) is 58.4. The summed E-state index contributed by atoms with van der Waals surface area (Å²) in [6.07, 6.45) is 35.4. The Morgan fingerprint density at radius 3 is 0.864 bits per heavy atom. The van der Waals surface area contributed by atoms with Crippen LogP contribution in [0.2, 0.25) is 0 Å². The van der Waals surface area contributed by atoms with Gasteiger partial charge in [0.1, 0.15) is 0 Å². The van der Waals surface area contributed by atoms with Crippen molar-refractivity contribution < 1.29 is 36.9 Å². The first-order valence-electron chi connectivity index (χ1n) is 24.5. The Labute approximate surface area is 372 Å². The van der Waals surface area contributed by atoms with Crippen molar-refractivity contribution in [1.29, 1.82) is 0 Å². The number of nitrogens with zero attached hydrogens (tertiary/aromatic N) is 2. The van der Waals surface area contributed by atoms with Gasteiger partial charge < -0.3 is 14.9 Å². The second-order valence-electron chi connectivity index (χ2n) is 16.6. The minimum absolute atomic E-state index is 0.304. The minimum atomic E-state index is -3.43. The Morgan fingerprint density at radius 1 is 0.373 bits per heavy atom. The van der Waals surface area contributed by atoms with E-state index in [0.29, 0.717) is 39.6 Å². The normalized spacial score (nSPS) is 11.9. The summed E-state index contributed by atoms with van der Waals surface area (Å²) < 4.78 is 52.1. The van der Waals surface area contributed by atoms with E-state index in [-0.39, 0.29) is 0 Å². The average Bonchev–Trinajstić information content (AvgIpc) is 3.20. The molecule has 0 radical (unpaired) electrons. The lowest BCUT2D eigenvalue weighted by atomic mass is 10.1. The molecule has 10 nitrogen and oxygen atoms in total. The fourth-order valence-electron chi connectivity index (χ4n) is 6.03. The molecule has 0 saturated carbocycles. The van der Waals surface area contributed by atoms with Gasteiger partial charge in [0.05, 0.1) is 33.0 Å². The highest BCUT2D eigenvalue weighted by Gasteiger charge is 2.26. The van der Waals surface area contributed by atoms with E-state index in [1.54, 1.807) is 0 Å². The first-order valence-corrected chi connectivity index (χ1v) is 28.4. The van der Waals surface area contributed by atoms with Crippen LogP contribution in [0.5, 0.6) is 0 Å². The predicted molar refractivity (Wildman–Crippen MR) is 256 cm³/mol. The van der Waals surface area contributed by atoms with Crippen molar-refractivity contribution >= 4 is 26.0 Å². The number of phosphoric ester groups is 1. The van der Waals surface area contributed by atoms with Crippen molar-refractivity contribution in [1.82, 2.24) is 9.80 Å². The lowest BCUT2D eigenvalue weighted by Gasteiger charge is -2.19. The monoisotopic (exact) mass is 907 g/mol. The lowest BCUT2D eigenvalue weighted by Crippen LogP contribution is -2.15. The molecule has 0 amide bonds. The Bertz CT molecular complexity index is 844. The number of unbranched alkanes of at least 4 members (excludes halogenated alkanes) is 24. The third-order valence-electron chi connectivity index (χ3n) is 9.74. The summed E-state index contributed by atoms with van der Waals surface area (Å²) in [5.41, 5.74) is 0. The summed E-state index contributed by atoms with van der Waals surface area (Å²) in [5, 5.41) is 8.29. The smallest absolute Gasteiger partial charge is 0.396 e. The average molecular weight is 908 g/mol. The van der Waals surface area contributed by atoms with Crippen molar-refractivity contribution in [2.75, 3.05) is 80.9 Å². The van der Waals surface area contributed by atoms with E-state index in [1.165, 1.54) is 128 Å². The van der Waals surface area contributed by atoms with Crippen LogP contribution in [0.15, 0.2) is 0 Å². The van der Waals surface area contributed by atoms with Crippen molar-refractivity contribution in [3.63, 3.8) is 0 Å². The Hall–Kier alpha value is 0.430. The highest BCUT2D eigenvalue weighted by atomic mass is 35.7. The summed E-state index contributed by atoms with van der Waals surface area (Å²) in [5.74, 6) is 0. The SMILES string of the molecule is CCCCCCCCCOP(=O)(Cl)OCCCCCCCCC.CCCCCCCCCOP(=O)(OCCCCCCCCC)OCCCN(C)C.CN(C)CCCO. The summed E-state index contributed by atoms with van der Waals surface area (Å²) in [6, 6.07) is 0. The molecule has 360 valence electrons. The number of aliphatic hydroxyl groups is 1. The molecule has 0 bridgehead atoms. The van der Waals surface area contributed by atoms with Crippen molar-refractivity contribution in [3.05, 3.63) is 0 Å². The van der Waals surface area contributed by atoms with Crippen molar-refractivity contribution in [2.45, 2.75) is 220 Å². The van der Waals surface area contributed by atoms with Gasteiger partial charge in [0.15, 0.2) is 0 Å². The minimum Gasteiger partial charge on any atom is -0.396 e. The first-order chi connectivity index (χ1) is 28.4. The highest BCUT2D eigenvalue weighted by Crippen LogP contribution is 2.53. The van der Waals surface area contributed by atoms with Crippen LogP contribution < -0.4 is 0 Å². The van der Waals surface area contributed by atoms with E-state index in [4.69, 9.17) is 39.0 Å². The molecule has 0 fully saturated rings. The molecular formula is C46H101ClN2O8P2. The van der Waals surface area contributed by atoms with Crippen LogP contribution in [-0.4, -0.2) is 95.8 Å². The summed E-state index contributed by atoms with van der Waals surface area (Å²) in [7, 11) is 4.60. The van der Waals surface area contributed by atoms with Crippen LogP contribution in [-0.2, 0) is 31.7 Å². The molecule has 0 aromatic carbocycles. The summed E-state index contributed by atoms with van der Waals surface area (Å²) >= 11 is 5.81. The van der Waals surface area contributed by atoms with E-state index in [9.17, 15) is 9.13 Å². The van der Waals surface area contributed by atoms with Gasteiger partial charge in [-0.3, -0.25) is 22.6 Å². The molecule has 13 heteroatoms. The zero-order valence-corrected chi connectivity index (χ0v) is 42.9. The van der Waals surface area contributed by atoms with Crippen LogP contribution in [0.1, 0.15) is 220 Å². The molecule has 0 aliphatic carbocycles. The molecule has 0 spiro atoms. The second kappa shape index (κ2) is 51.1. The maximum absolute atomic E-state index is 12.9. The Kier molecular flexibility index (Phi) is 55.2. The molecule has 0 aliphatic rings. The van der Waals surface area contributed by atoms with Gasteiger partial charge >= 0.3 is 14.8 Å². The maximum Gasteiger partial charge on any atom is 0.474 e. The fourth-order valence-corrected chi connectivity index (χ4v) is 8.49. The predicted octanol–water partition coefficient (Wildman–Crippen LogP) is 15.4. The Morgan fingerprint density at radius 2 is 0.610 bits per heavy atom. The Balaban J connectivity index is -0.000000930. The van der Waals surface area contributed by atoms with E-state index in [1.807, 2.05) is 28.2 Å². The molecule has 0 heterocycles. The number of hydrogen-bond donors (Lipinski definition) is 1.